The summed E-state index contributed by atoms with van der Waals surface area (Å²) in [6, 6.07) is 7.84. The van der Waals surface area contributed by atoms with Gasteiger partial charge in [0, 0.05) is 44.1 Å². The van der Waals surface area contributed by atoms with Crippen molar-refractivity contribution in [2.24, 2.45) is 0 Å². The monoisotopic (exact) mass is 255 g/mol. The zero-order valence-corrected chi connectivity index (χ0v) is 11.0. The summed E-state index contributed by atoms with van der Waals surface area (Å²) >= 11 is 0. The van der Waals surface area contributed by atoms with Crippen LogP contribution in [0.1, 0.15) is 5.69 Å². The summed E-state index contributed by atoms with van der Waals surface area (Å²) in [5, 5.41) is 3.35. The van der Waals surface area contributed by atoms with Crippen molar-refractivity contribution in [3.63, 3.8) is 0 Å². The third-order valence-corrected chi connectivity index (χ3v) is 3.18. The lowest BCUT2D eigenvalue weighted by Gasteiger charge is -2.28. The van der Waals surface area contributed by atoms with Crippen LogP contribution in [0, 0.1) is 6.92 Å². The van der Waals surface area contributed by atoms with Crippen LogP contribution in [-0.4, -0.2) is 41.1 Å². The Morgan fingerprint density at radius 3 is 2.74 bits per heavy atom. The molecule has 5 heteroatoms. The summed E-state index contributed by atoms with van der Waals surface area (Å²) in [5.74, 6) is 1.70. The highest BCUT2D eigenvalue weighted by molar-refractivity contribution is 5.53. The van der Waals surface area contributed by atoms with Crippen molar-refractivity contribution in [1.82, 2.24) is 20.3 Å². The van der Waals surface area contributed by atoms with Gasteiger partial charge in [0.05, 0.1) is 0 Å². The van der Waals surface area contributed by atoms with Crippen LogP contribution in [0.15, 0.2) is 30.5 Å². The molecular weight excluding hydrogens is 238 g/mol. The van der Waals surface area contributed by atoms with Crippen molar-refractivity contribution in [2.45, 2.75) is 6.92 Å². The normalized spacial score (nSPS) is 15.5. The van der Waals surface area contributed by atoms with E-state index in [9.17, 15) is 0 Å². The smallest absolute Gasteiger partial charge is 0.180 e. The fourth-order valence-electron chi connectivity index (χ4n) is 2.22. The molecule has 0 saturated carbocycles. The molecule has 2 aromatic heterocycles. The van der Waals surface area contributed by atoms with Gasteiger partial charge in [0.1, 0.15) is 11.5 Å². The second kappa shape index (κ2) is 5.32. The van der Waals surface area contributed by atoms with E-state index in [1.807, 2.05) is 31.2 Å². The first kappa shape index (κ1) is 12.0. The number of hydrogen-bond acceptors (Lipinski definition) is 5. The molecule has 19 heavy (non-hydrogen) atoms. The zero-order chi connectivity index (χ0) is 13.1. The third kappa shape index (κ3) is 2.71. The van der Waals surface area contributed by atoms with Gasteiger partial charge in [-0.2, -0.15) is 0 Å². The van der Waals surface area contributed by atoms with E-state index in [1.54, 1.807) is 6.20 Å². The standard InChI is InChI=1S/C14H17N5/c1-11-10-13(19-8-6-15-7-9-19)18-14(17-11)12-4-2-3-5-16-12/h2-5,10,15H,6-9H2,1H3. The molecule has 1 N–H and O–H groups in total. The lowest BCUT2D eigenvalue weighted by molar-refractivity contribution is 0.584. The van der Waals surface area contributed by atoms with Crippen LogP contribution < -0.4 is 10.2 Å². The van der Waals surface area contributed by atoms with Gasteiger partial charge in [-0.3, -0.25) is 4.98 Å². The summed E-state index contributed by atoms with van der Waals surface area (Å²) in [4.78, 5) is 15.7. The molecule has 0 unspecified atom stereocenters. The van der Waals surface area contributed by atoms with E-state index in [-0.39, 0.29) is 0 Å². The van der Waals surface area contributed by atoms with Crippen LogP contribution >= 0.6 is 0 Å². The Morgan fingerprint density at radius 1 is 1.16 bits per heavy atom. The van der Waals surface area contributed by atoms with E-state index in [2.05, 4.69) is 25.2 Å². The van der Waals surface area contributed by atoms with E-state index in [1.165, 1.54) is 0 Å². The highest BCUT2D eigenvalue weighted by Gasteiger charge is 2.14. The van der Waals surface area contributed by atoms with Crippen LogP contribution in [0.4, 0.5) is 5.82 Å². The lowest BCUT2D eigenvalue weighted by Crippen LogP contribution is -2.44. The molecule has 0 aromatic carbocycles. The third-order valence-electron chi connectivity index (χ3n) is 3.18. The van der Waals surface area contributed by atoms with Crippen molar-refractivity contribution in [3.8, 4) is 11.5 Å². The molecular formula is C14H17N5. The Morgan fingerprint density at radius 2 is 2.00 bits per heavy atom. The molecule has 2 aromatic rings. The van der Waals surface area contributed by atoms with E-state index in [0.29, 0.717) is 5.82 Å². The summed E-state index contributed by atoms with van der Waals surface area (Å²) in [5.41, 5.74) is 1.80. The average molecular weight is 255 g/mol. The molecule has 0 spiro atoms. The molecule has 1 saturated heterocycles. The van der Waals surface area contributed by atoms with Crippen molar-refractivity contribution in [3.05, 3.63) is 36.2 Å². The van der Waals surface area contributed by atoms with E-state index in [0.717, 1.165) is 43.4 Å². The quantitative estimate of drug-likeness (QED) is 0.875. The van der Waals surface area contributed by atoms with Crippen molar-refractivity contribution in [1.29, 1.82) is 0 Å². The van der Waals surface area contributed by atoms with Gasteiger partial charge in [-0.15, -0.1) is 0 Å². The predicted octanol–water partition coefficient (Wildman–Crippen LogP) is 1.26. The number of rotatable bonds is 2. The van der Waals surface area contributed by atoms with Crippen LogP contribution in [0.3, 0.4) is 0 Å². The molecule has 0 amide bonds. The maximum Gasteiger partial charge on any atom is 0.180 e. The summed E-state index contributed by atoms with van der Waals surface area (Å²) in [7, 11) is 0. The van der Waals surface area contributed by atoms with Gasteiger partial charge in [0.2, 0.25) is 0 Å². The minimum Gasteiger partial charge on any atom is -0.354 e. The molecule has 98 valence electrons. The topological polar surface area (TPSA) is 53.9 Å². The molecule has 3 rings (SSSR count). The predicted molar refractivity (Wildman–Crippen MR) is 75.1 cm³/mol. The number of hydrogen-bond donors (Lipinski definition) is 1. The van der Waals surface area contributed by atoms with E-state index < -0.39 is 0 Å². The SMILES string of the molecule is Cc1cc(N2CCNCC2)nc(-c2ccccn2)n1. The Kier molecular flexibility index (Phi) is 3.37. The van der Waals surface area contributed by atoms with Crippen LogP contribution in [0.2, 0.25) is 0 Å². The fourth-order valence-corrected chi connectivity index (χ4v) is 2.22. The van der Waals surface area contributed by atoms with Crippen molar-refractivity contribution >= 4 is 5.82 Å². The largest absolute Gasteiger partial charge is 0.354 e. The minimum absolute atomic E-state index is 0.703. The number of nitrogens with zero attached hydrogens (tertiary/aromatic N) is 4. The minimum atomic E-state index is 0.703. The molecule has 1 fully saturated rings. The Bertz CT molecular complexity index is 549. The molecule has 3 heterocycles. The first-order chi connectivity index (χ1) is 9.33. The second-order valence-electron chi connectivity index (χ2n) is 4.64. The highest BCUT2D eigenvalue weighted by Crippen LogP contribution is 2.18. The molecule has 0 radical (unpaired) electrons. The molecule has 1 aliphatic rings. The summed E-state index contributed by atoms with van der Waals surface area (Å²) in [6.45, 7) is 5.97. The summed E-state index contributed by atoms with van der Waals surface area (Å²) in [6.07, 6.45) is 1.77. The number of aromatic nitrogens is 3. The molecule has 0 bridgehead atoms. The second-order valence-corrected chi connectivity index (χ2v) is 4.64. The number of anilines is 1. The van der Waals surface area contributed by atoms with Crippen LogP contribution in [-0.2, 0) is 0 Å². The van der Waals surface area contributed by atoms with Gasteiger partial charge < -0.3 is 10.2 Å². The van der Waals surface area contributed by atoms with Gasteiger partial charge in [-0.25, -0.2) is 9.97 Å². The van der Waals surface area contributed by atoms with Gasteiger partial charge >= 0.3 is 0 Å². The number of nitrogens with one attached hydrogen (secondary N) is 1. The maximum absolute atomic E-state index is 4.65. The first-order valence-electron chi connectivity index (χ1n) is 6.56. The van der Waals surface area contributed by atoms with E-state index in [4.69, 9.17) is 0 Å². The maximum atomic E-state index is 4.65. The first-order valence-corrected chi connectivity index (χ1v) is 6.56. The van der Waals surface area contributed by atoms with Crippen LogP contribution in [0.5, 0.6) is 0 Å². The average Bonchev–Trinajstić information content (AvgIpc) is 2.48. The lowest BCUT2D eigenvalue weighted by atomic mass is 10.3. The zero-order valence-electron chi connectivity index (χ0n) is 11.0. The summed E-state index contributed by atoms with van der Waals surface area (Å²) < 4.78 is 0. The van der Waals surface area contributed by atoms with Gasteiger partial charge in [0.25, 0.3) is 0 Å². The van der Waals surface area contributed by atoms with Gasteiger partial charge in [-0.05, 0) is 19.1 Å². The molecule has 1 aliphatic heterocycles. The van der Waals surface area contributed by atoms with E-state index >= 15 is 0 Å². The molecule has 5 nitrogen and oxygen atoms in total. The van der Waals surface area contributed by atoms with Gasteiger partial charge in [-0.1, -0.05) is 6.07 Å². The number of pyridine rings is 1. The van der Waals surface area contributed by atoms with Crippen molar-refractivity contribution in [2.75, 3.05) is 31.1 Å². The Labute approximate surface area is 112 Å². The van der Waals surface area contributed by atoms with Crippen molar-refractivity contribution < 1.29 is 0 Å². The number of aryl methyl sites for hydroxylation is 1. The van der Waals surface area contributed by atoms with Gasteiger partial charge in [0.15, 0.2) is 5.82 Å². The molecule has 0 atom stereocenters. The molecule has 0 aliphatic carbocycles. The highest BCUT2D eigenvalue weighted by atomic mass is 15.2. The Balaban J connectivity index is 1.96. The fraction of sp³-hybridized carbons (Fsp3) is 0.357. The van der Waals surface area contributed by atoms with Crippen LogP contribution in [0.25, 0.3) is 11.5 Å². The Hall–Kier alpha value is -2.01. The number of piperazine rings is 1.